The summed E-state index contributed by atoms with van der Waals surface area (Å²) in [5.41, 5.74) is 1.23. The van der Waals surface area contributed by atoms with E-state index >= 15 is 0 Å². The molecular weight excluding hydrogens is 400 g/mol. The molecule has 4 aromatic rings. The zero-order chi connectivity index (χ0) is 21.9. The van der Waals surface area contributed by atoms with Crippen molar-refractivity contribution in [2.24, 2.45) is 0 Å². The second kappa shape index (κ2) is 8.93. The summed E-state index contributed by atoms with van der Waals surface area (Å²) < 4.78 is 1.55. The molecule has 162 valence electrons. The molecule has 0 unspecified atom stereocenters. The smallest absolute Gasteiger partial charge is 0.274 e. The SMILES string of the molecule is O=C(NCc1nn(CCN2CCCC2)c(=O)c2ccccc12)c1ccc2ccccc2c1. The number of hydrogen-bond acceptors (Lipinski definition) is 4. The van der Waals surface area contributed by atoms with Gasteiger partial charge in [0.15, 0.2) is 0 Å². The number of hydrogen-bond donors (Lipinski definition) is 1. The Kier molecular flexibility index (Phi) is 5.69. The Morgan fingerprint density at radius 3 is 2.41 bits per heavy atom. The van der Waals surface area contributed by atoms with Crippen molar-refractivity contribution in [2.75, 3.05) is 19.6 Å². The van der Waals surface area contributed by atoms with E-state index in [1.54, 1.807) is 4.68 Å². The minimum Gasteiger partial charge on any atom is -0.346 e. The van der Waals surface area contributed by atoms with Crippen LogP contribution in [0.4, 0.5) is 0 Å². The van der Waals surface area contributed by atoms with Crippen LogP contribution in [0.2, 0.25) is 0 Å². The van der Waals surface area contributed by atoms with Crippen LogP contribution >= 0.6 is 0 Å². The maximum atomic E-state index is 13.0. The summed E-state index contributed by atoms with van der Waals surface area (Å²) in [6, 6.07) is 21.1. The van der Waals surface area contributed by atoms with Crippen LogP contribution in [0, 0.1) is 0 Å². The Labute approximate surface area is 186 Å². The van der Waals surface area contributed by atoms with Crippen LogP contribution in [0.5, 0.6) is 0 Å². The molecule has 6 nitrogen and oxygen atoms in total. The first-order valence-electron chi connectivity index (χ1n) is 11.2. The van der Waals surface area contributed by atoms with E-state index in [-0.39, 0.29) is 18.0 Å². The molecule has 1 fully saturated rings. The Morgan fingerprint density at radius 1 is 0.875 bits per heavy atom. The molecule has 0 bridgehead atoms. The highest BCUT2D eigenvalue weighted by Crippen LogP contribution is 2.17. The number of fused-ring (bicyclic) bond motifs is 2. The normalized spacial score (nSPS) is 14.2. The molecular formula is C26H26N4O2. The zero-order valence-corrected chi connectivity index (χ0v) is 18.0. The van der Waals surface area contributed by atoms with E-state index in [0.717, 1.165) is 35.8 Å². The van der Waals surface area contributed by atoms with Gasteiger partial charge in [0.1, 0.15) is 0 Å². The van der Waals surface area contributed by atoms with E-state index < -0.39 is 0 Å². The third kappa shape index (κ3) is 4.14. The first kappa shape index (κ1) is 20.4. The van der Waals surface area contributed by atoms with Crippen LogP contribution in [0.1, 0.15) is 28.9 Å². The number of amides is 1. The Morgan fingerprint density at radius 2 is 1.59 bits per heavy atom. The van der Waals surface area contributed by atoms with Crippen molar-refractivity contribution in [3.05, 3.63) is 88.3 Å². The molecule has 0 spiro atoms. The van der Waals surface area contributed by atoms with E-state index in [1.165, 1.54) is 12.8 Å². The molecule has 0 aliphatic carbocycles. The van der Waals surface area contributed by atoms with Gasteiger partial charge in [0, 0.05) is 17.5 Å². The lowest BCUT2D eigenvalue weighted by Gasteiger charge is -2.16. The van der Waals surface area contributed by atoms with Gasteiger partial charge in [-0.15, -0.1) is 0 Å². The van der Waals surface area contributed by atoms with Gasteiger partial charge in [-0.2, -0.15) is 5.10 Å². The van der Waals surface area contributed by atoms with Crippen LogP contribution in [0.25, 0.3) is 21.5 Å². The van der Waals surface area contributed by atoms with Gasteiger partial charge in [0.25, 0.3) is 11.5 Å². The lowest BCUT2D eigenvalue weighted by Crippen LogP contribution is -2.32. The predicted molar refractivity (Wildman–Crippen MR) is 127 cm³/mol. The standard InChI is InChI=1S/C26H26N4O2/c31-25(21-12-11-19-7-1-2-8-20(19)17-21)27-18-24-22-9-3-4-10-23(22)26(32)30(28-24)16-15-29-13-5-6-14-29/h1-4,7-12,17H,5-6,13-16,18H2,(H,27,31). The molecule has 5 rings (SSSR count). The fraction of sp³-hybridized carbons (Fsp3) is 0.269. The summed E-state index contributed by atoms with van der Waals surface area (Å²) in [6.07, 6.45) is 2.43. The number of nitrogens with one attached hydrogen (secondary N) is 1. The topological polar surface area (TPSA) is 67.2 Å². The Hall–Kier alpha value is -3.51. The number of aromatic nitrogens is 2. The first-order chi connectivity index (χ1) is 15.7. The van der Waals surface area contributed by atoms with E-state index in [9.17, 15) is 9.59 Å². The van der Waals surface area contributed by atoms with Crippen LogP contribution in [0.15, 0.2) is 71.5 Å². The van der Waals surface area contributed by atoms with Crippen molar-refractivity contribution in [3.8, 4) is 0 Å². The van der Waals surface area contributed by atoms with Crippen molar-refractivity contribution in [1.29, 1.82) is 0 Å². The Balaban J connectivity index is 1.39. The third-order valence-electron chi connectivity index (χ3n) is 6.20. The number of nitrogens with zero attached hydrogens (tertiary/aromatic N) is 3. The summed E-state index contributed by atoms with van der Waals surface area (Å²) in [5, 5.41) is 11.2. The lowest BCUT2D eigenvalue weighted by atomic mass is 10.1. The van der Waals surface area contributed by atoms with Gasteiger partial charge in [-0.1, -0.05) is 48.5 Å². The van der Waals surface area contributed by atoms with Crippen molar-refractivity contribution in [3.63, 3.8) is 0 Å². The molecule has 6 heteroatoms. The van der Waals surface area contributed by atoms with Crippen LogP contribution < -0.4 is 10.9 Å². The lowest BCUT2D eigenvalue weighted by molar-refractivity contribution is 0.0950. The van der Waals surface area contributed by atoms with Crippen molar-refractivity contribution >= 4 is 27.5 Å². The monoisotopic (exact) mass is 426 g/mol. The predicted octanol–water partition coefficient (Wildman–Crippen LogP) is 3.58. The third-order valence-corrected chi connectivity index (χ3v) is 6.20. The zero-order valence-electron chi connectivity index (χ0n) is 18.0. The van der Waals surface area contributed by atoms with E-state index in [2.05, 4.69) is 15.3 Å². The maximum absolute atomic E-state index is 13.0. The van der Waals surface area contributed by atoms with Gasteiger partial charge in [0.2, 0.25) is 0 Å². The molecule has 1 aliphatic heterocycles. The van der Waals surface area contributed by atoms with Gasteiger partial charge in [-0.25, -0.2) is 4.68 Å². The van der Waals surface area contributed by atoms with Crippen LogP contribution in [0.3, 0.4) is 0 Å². The van der Waals surface area contributed by atoms with Gasteiger partial charge in [-0.3, -0.25) is 9.59 Å². The minimum atomic E-state index is -0.156. The number of carbonyl (C=O) groups excluding carboxylic acids is 1. The second-order valence-corrected chi connectivity index (χ2v) is 8.31. The largest absolute Gasteiger partial charge is 0.346 e. The molecule has 0 saturated carbocycles. The van der Waals surface area contributed by atoms with Crippen LogP contribution in [-0.4, -0.2) is 40.2 Å². The summed E-state index contributed by atoms with van der Waals surface area (Å²) in [4.78, 5) is 28.2. The van der Waals surface area contributed by atoms with E-state index in [0.29, 0.717) is 23.2 Å². The molecule has 0 atom stereocenters. The summed E-state index contributed by atoms with van der Waals surface area (Å²) >= 11 is 0. The molecule has 1 amide bonds. The number of likely N-dealkylation sites (tertiary alicyclic amines) is 1. The van der Waals surface area contributed by atoms with Crippen molar-refractivity contribution in [2.45, 2.75) is 25.9 Å². The number of benzene rings is 3. The molecule has 1 aliphatic rings. The van der Waals surface area contributed by atoms with Gasteiger partial charge >= 0.3 is 0 Å². The van der Waals surface area contributed by atoms with Gasteiger partial charge in [-0.05, 0) is 54.9 Å². The fourth-order valence-electron chi connectivity index (χ4n) is 4.43. The van der Waals surface area contributed by atoms with E-state index in [4.69, 9.17) is 0 Å². The summed E-state index contributed by atoms with van der Waals surface area (Å²) in [6.45, 7) is 3.79. The molecule has 1 saturated heterocycles. The minimum absolute atomic E-state index is 0.0793. The van der Waals surface area contributed by atoms with Gasteiger partial charge < -0.3 is 10.2 Å². The molecule has 0 radical (unpaired) electrons. The second-order valence-electron chi connectivity index (χ2n) is 8.31. The average Bonchev–Trinajstić information content (AvgIpc) is 3.36. The first-order valence-corrected chi connectivity index (χ1v) is 11.2. The van der Waals surface area contributed by atoms with Crippen molar-refractivity contribution < 1.29 is 4.79 Å². The highest BCUT2D eigenvalue weighted by atomic mass is 16.1. The molecule has 2 heterocycles. The molecule has 1 aromatic heterocycles. The molecule has 32 heavy (non-hydrogen) atoms. The highest BCUT2D eigenvalue weighted by Gasteiger charge is 2.15. The average molecular weight is 427 g/mol. The van der Waals surface area contributed by atoms with Crippen molar-refractivity contribution in [1.82, 2.24) is 20.0 Å². The summed E-state index contributed by atoms with van der Waals surface area (Å²) in [7, 11) is 0. The quantitative estimate of drug-likeness (QED) is 0.512. The fourth-order valence-corrected chi connectivity index (χ4v) is 4.43. The Bertz CT molecular complexity index is 1340. The number of carbonyl (C=O) groups is 1. The summed E-state index contributed by atoms with van der Waals surface area (Å²) in [5.74, 6) is -0.156. The van der Waals surface area contributed by atoms with Crippen LogP contribution in [-0.2, 0) is 13.1 Å². The number of rotatable bonds is 6. The highest BCUT2D eigenvalue weighted by molar-refractivity contribution is 5.98. The maximum Gasteiger partial charge on any atom is 0.274 e. The molecule has 1 N–H and O–H groups in total. The van der Waals surface area contributed by atoms with E-state index in [1.807, 2.05) is 66.7 Å². The molecule has 3 aromatic carbocycles. The van der Waals surface area contributed by atoms with Gasteiger partial charge in [0.05, 0.1) is 24.2 Å².